The van der Waals surface area contributed by atoms with Crippen LogP contribution in [0.15, 0.2) is 24.3 Å². The minimum Gasteiger partial charge on any atom is -0.381 e. The van der Waals surface area contributed by atoms with Crippen LogP contribution in [-0.2, 0) is 12.0 Å². The molecule has 7 nitrogen and oxygen atoms in total. The minimum absolute atomic E-state index is 0.0708. The molecule has 0 aliphatic rings. The van der Waals surface area contributed by atoms with Gasteiger partial charge in [-0.05, 0) is 0 Å². The van der Waals surface area contributed by atoms with E-state index in [2.05, 4.69) is 10.3 Å². The zero-order valence-corrected chi connectivity index (χ0v) is 11.7. The van der Waals surface area contributed by atoms with Crippen LogP contribution in [0.1, 0.15) is 32.0 Å². The molecule has 0 amide bonds. The van der Waals surface area contributed by atoms with Crippen LogP contribution in [0.5, 0.6) is 0 Å². The topological polar surface area (TPSA) is 99.9 Å². The number of nitro groups is 1. The lowest BCUT2D eigenvalue weighted by Crippen LogP contribution is -2.20. The van der Waals surface area contributed by atoms with Crippen LogP contribution in [0, 0.1) is 10.1 Å². The Morgan fingerprint density at radius 3 is 2.60 bits per heavy atom. The highest BCUT2D eigenvalue weighted by Gasteiger charge is 2.25. The summed E-state index contributed by atoms with van der Waals surface area (Å²) in [4.78, 5) is 10.6. The number of anilines is 1. The van der Waals surface area contributed by atoms with Gasteiger partial charge < -0.3 is 5.73 Å². The fourth-order valence-corrected chi connectivity index (χ4v) is 2.19. The predicted molar refractivity (Wildman–Crippen MR) is 75.3 cm³/mol. The average molecular weight is 275 g/mol. The van der Waals surface area contributed by atoms with Gasteiger partial charge in [-0.15, -0.1) is 5.10 Å². The quantitative estimate of drug-likeness (QED) is 0.683. The van der Waals surface area contributed by atoms with Gasteiger partial charge in [0.2, 0.25) is 0 Å². The molecule has 1 aromatic carbocycles. The van der Waals surface area contributed by atoms with Crippen molar-refractivity contribution in [2.75, 3.05) is 5.73 Å². The van der Waals surface area contributed by atoms with E-state index in [0.717, 1.165) is 5.69 Å². The SMILES string of the molecule is CC(C)(C)c1c(N)nnn1Cc1ccccc1[N+](=O)[O-]. The molecular weight excluding hydrogens is 258 g/mol. The maximum atomic E-state index is 11.0. The lowest BCUT2D eigenvalue weighted by Gasteiger charge is -2.20. The third-order valence-electron chi connectivity index (χ3n) is 2.98. The van der Waals surface area contributed by atoms with Gasteiger partial charge in [-0.25, -0.2) is 4.68 Å². The van der Waals surface area contributed by atoms with E-state index in [9.17, 15) is 10.1 Å². The molecular formula is C13H17N5O2. The van der Waals surface area contributed by atoms with Gasteiger partial charge in [0.25, 0.3) is 5.69 Å². The molecule has 0 aliphatic heterocycles. The number of hydrogen-bond donors (Lipinski definition) is 1. The number of aromatic nitrogens is 3. The number of benzene rings is 1. The molecule has 2 rings (SSSR count). The molecule has 0 bridgehead atoms. The molecule has 20 heavy (non-hydrogen) atoms. The van der Waals surface area contributed by atoms with Crippen molar-refractivity contribution in [3.05, 3.63) is 45.6 Å². The molecule has 2 N–H and O–H groups in total. The summed E-state index contributed by atoms with van der Waals surface area (Å²) in [6.45, 7) is 6.27. The Morgan fingerprint density at radius 1 is 1.35 bits per heavy atom. The molecule has 0 saturated heterocycles. The average Bonchev–Trinajstić information content (AvgIpc) is 2.70. The van der Waals surface area contributed by atoms with E-state index >= 15 is 0 Å². The van der Waals surface area contributed by atoms with Gasteiger partial charge in [0.05, 0.1) is 22.7 Å². The second-order valence-electron chi connectivity index (χ2n) is 5.62. The van der Waals surface area contributed by atoms with E-state index in [-0.39, 0.29) is 17.6 Å². The van der Waals surface area contributed by atoms with E-state index in [4.69, 9.17) is 5.73 Å². The van der Waals surface area contributed by atoms with E-state index in [0.29, 0.717) is 11.4 Å². The third kappa shape index (κ3) is 2.61. The molecule has 106 valence electrons. The number of rotatable bonds is 3. The Morgan fingerprint density at radius 2 is 2.00 bits per heavy atom. The second-order valence-corrected chi connectivity index (χ2v) is 5.62. The first-order valence-electron chi connectivity index (χ1n) is 6.22. The largest absolute Gasteiger partial charge is 0.381 e. The van der Waals surface area contributed by atoms with Crippen LogP contribution in [0.2, 0.25) is 0 Å². The fraction of sp³-hybridized carbons (Fsp3) is 0.385. The van der Waals surface area contributed by atoms with Crippen molar-refractivity contribution >= 4 is 11.5 Å². The van der Waals surface area contributed by atoms with Crippen molar-refractivity contribution < 1.29 is 4.92 Å². The Bertz CT molecular complexity index is 642. The number of nitro benzene ring substituents is 1. The summed E-state index contributed by atoms with van der Waals surface area (Å²) in [7, 11) is 0. The van der Waals surface area contributed by atoms with Gasteiger partial charge in [0, 0.05) is 11.5 Å². The summed E-state index contributed by atoms with van der Waals surface area (Å²) in [5.74, 6) is 0.357. The van der Waals surface area contributed by atoms with Gasteiger partial charge in [0.1, 0.15) is 0 Å². The van der Waals surface area contributed by atoms with Crippen molar-refractivity contribution in [1.82, 2.24) is 15.0 Å². The second kappa shape index (κ2) is 4.92. The summed E-state index contributed by atoms with van der Waals surface area (Å²) < 4.78 is 1.62. The highest BCUT2D eigenvalue weighted by atomic mass is 16.6. The molecule has 0 atom stereocenters. The molecule has 7 heteroatoms. The van der Waals surface area contributed by atoms with Gasteiger partial charge in [-0.2, -0.15) is 0 Å². The van der Waals surface area contributed by atoms with E-state index in [1.165, 1.54) is 6.07 Å². The Hall–Kier alpha value is -2.44. The Balaban J connectivity index is 2.44. The van der Waals surface area contributed by atoms with Crippen molar-refractivity contribution in [2.24, 2.45) is 0 Å². The summed E-state index contributed by atoms with van der Waals surface area (Å²) in [5.41, 5.74) is 7.03. The Labute approximate surface area is 116 Å². The monoisotopic (exact) mass is 275 g/mol. The Kier molecular flexibility index (Phi) is 3.44. The number of hydrogen-bond acceptors (Lipinski definition) is 5. The third-order valence-corrected chi connectivity index (χ3v) is 2.98. The van der Waals surface area contributed by atoms with Crippen molar-refractivity contribution in [1.29, 1.82) is 0 Å². The van der Waals surface area contributed by atoms with Crippen molar-refractivity contribution in [3.63, 3.8) is 0 Å². The van der Waals surface area contributed by atoms with Crippen LogP contribution >= 0.6 is 0 Å². The maximum absolute atomic E-state index is 11.0. The van der Waals surface area contributed by atoms with Crippen molar-refractivity contribution in [2.45, 2.75) is 32.7 Å². The van der Waals surface area contributed by atoms with Crippen LogP contribution in [0.3, 0.4) is 0 Å². The van der Waals surface area contributed by atoms with Crippen molar-refractivity contribution in [3.8, 4) is 0 Å². The summed E-state index contributed by atoms with van der Waals surface area (Å²) in [5, 5.41) is 18.9. The molecule has 0 radical (unpaired) electrons. The van der Waals surface area contributed by atoms with E-state index in [1.807, 2.05) is 20.8 Å². The van der Waals surface area contributed by atoms with Gasteiger partial charge in [-0.1, -0.05) is 44.2 Å². The van der Waals surface area contributed by atoms with Crippen LogP contribution in [0.25, 0.3) is 0 Å². The molecule has 1 heterocycles. The molecule has 2 aromatic rings. The summed E-state index contributed by atoms with van der Waals surface area (Å²) in [6.07, 6.45) is 0. The first-order valence-corrected chi connectivity index (χ1v) is 6.22. The first-order chi connectivity index (χ1) is 9.30. The normalized spacial score (nSPS) is 11.6. The van der Waals surface area contributed by atoms with E-state index in [1.54, 1.807) is 22.9 Å². The molecule has 1 aromatic heterocycles. The van der Waals surface area contributed by atoms with Gasteiger partial charge >= 0.3 is 0 Å². The van der Waals surface area contributed by atoms with Gasteiger partial charge in [0.15, 0.2) is 5.82 Å². The molecule has 0 fully saturated rings. The standard InChI is InChI=1S/C13H17N5O2/c1-13(2,3)11-12(14)15-16-17(11)8-9-6-4-5-7-10(9)18(19)20/h4-7H,8,14H2,1-3H3. The predicted octanol–water partition coefficient (Wildman–Crippen LogP) is 2.11. The minimum atomic E-state index is -0.396. The zero-order chi connectivity index (χ0) is 14.9. The molecule has 0 aliphatic carbocycles. The summed E-state index contributed by atoms with van der Waals surface area (Å²) in [6, 6.07) is 6.59. The zero-order valence-electron chi connectivity index (χ0n) is 11.7. The first kappa shape index (κ1) is 14.0. The number of nitrogens with zero attached hydrogens (tertiary/aromatic N) is 4. The molecule has 0 saturated carbocycles. The smallest absolute Gasteiger partial charge is 0.274 e. The number of nitrogen functional groups attached to an aromatic ring is 1. The number of nitrogens with two attached hydrogens (primary N) is 1. The highest BCUT2D eigenvalue weighted by Crippen LogP contribution is 2.27. The maximum Gasteiger partial charge on any atom is 0.274 e. The van der Waals surface area contributed by atoms with Crippen LogP contribution < -0.4 is 5.73 Å². The van der Waals surface area contributed by atoms with Crippen LogP contribution in [-0.4, -0.2) is 19.9 Å². The van der Waals surface area contributed by atoms with Crippen LogP contribution in [0.4, 0.5) is 11.5 Å². The van der Waals surface area contributed by atoms with Gasteiger partial charge in [-0.3, -0.25) is 10.1 Å². The van der Waals surface area contributed by atoms with E-state index < -0.39 is 4.92 Å². The summed E-state index contributed by atoms with van der Waals surface area (Å²) >= 11 is 0. The molecule has 0 spiro atoms. The lowest BCUT2D eigenvalue weighted by molar-refractivity contribution is -0.385. The highest BCUT2D eigenvalue weighted by molar-refractivity contribution is 5.42. The number of para-hydroxylation sites is 1. The lowest BCUT2D eigenvalue weighted by atomic mass is 9.91. The fourth-order valence-electron chi connectivity index (χ4n) is 2.19. The molecule has 0 unspecified atom stereocenters.